The minimum Gasteiger partial charge on any atom is -0.480 e. The number of carboxylic acids is 1. The van der Waals surface area contributed by atoms with Crippen LogP contribution < -0.4 is 5.32 Å². The zero-order valence-corrected chi connectivity index (χ0v) is 8.87. The number of hydrogen-bond acceptors (Lipinski definition) is 3. The van der Waals surface area contributed by atoms with Gasteiger partial charge in [-0.05, 0) is 6.92 Å². The second-order valence-electron chi connectivity index (χ2n) is 4.28. The topological polar surface area (TPSA) is 86.6 Å². The first-order chi connectivity index (χ1) is 6.16. The largest absolute Gasteiger partial charge is 0.480 e. The lowest BCUT2D eigenvalue weighted by Gasteiger charge is -2.23. The van der Waals surface area contributed by atoms with Gasteiger partial charge >= 0.3 is 5.97 Å². The summed E-state index contributed by atoms with van der Waals surface area (Å²) in [7, 11) is 0. The van der Waals surface area contributed by atoms with Crippen molar-refractivity contribution in [1.29, 1.82) is 0 Å². The Morgan fingerprint density at radius 1 is 1.29 bits per heavy atom. The molecule has 2 atom stereocenters. The van der Waals surface area contributed by atoms with E-state index in [2.05, 4.69) is 5.32 Å². The fraction of sp³-hybridized carbons (Fsp3) is 0.778. The molecule has 1 amide bonds. The van der Waals surface area contributed by atoms with Crippen LogP contribution in [0.15, 0.2) is 0 Å². The highest BCUT2D eigenvalue weighted by atomic mass is 16.4. The van der Waals surface area contributed by atoms with Crippen molar-refractivity contribution in [3.8, 4) is 0 Å². The average Bonchev–Trinajstić information content (AvgIpc) is 1.96. The monoisotopic (exact) mass is 203 g/mol. The zero-order valence-electron chi connectivity index (χ0n) is 8.87. The van der Waals surface area contributed by atoms with Crippen molar-refractivity contribution in [2.45, 2.75) is 39.8 Å². The Morgan fingerprint density at radius 2 is 1.71 bits per heavy atom. The number of aliphatic hydroxyl groups excluding tert-OH is 1. The van der Waals surface area contributed by atoms with Crippen LogP contribution in [0.4, 0.5) is 0 Å². The average molecular weight is 203 g/mol. The van der Waals surface area contributed by atoms with Crippen molar-refractivity contribution in [2.24, 2.45) is 5.41 Å². The van der Waals surface area contributed by atoms with Crippen LogP contribution in [-0.4, -0.2) is 34.2 Å². The van der Waals surface area contributed by atoms with Crippen LogP contribution in [0, 0.1) is 5.41 Å². The molecule has 0 aliphatic carbocycles. The third-order valence-corrected chi connectivity index (χ3v) is 1.72. The second kappa shape index (κ2) is 4.41. The molecule has 82 valence electrons. The summed E-state index contributed by atoms with van der Waals surface area (Å²) in [6.45, 7) is 6.33. The molecule has 5 nitrogen and oxygen atoms in total. The van der Waals surface area contributed by atoms with Crippen LogP contribution in [0.25, 0.3) is 0 Å². The van der Waals surface area contributed by atoms with Gasteiger partial charge in [0.15, 0.2) is 6.04 Å². The van der Waals surface area contributed by atoms with Gasteiger partial charge in [-0.1, -0.05) is 20.8 Å². The van der Waals surface area contributed by atoms with Crippen LogP contribution in [-0.2, 0) is 9.59 Å². The molecule has 0 aliphatic rings. The van der Waals surface area contributed by atoms with E-state index in [9.17, 15) is 9.59 Å². The number of carbonyl (C=O) groups excluding carboxylic acids is 1. The van der Waals surface area contributed by atoms with Crippen molar-refractivity contribution in [2.75, 3.05) is 0 Å². The number of carbonyl (C=O) groups is 2. The molecule has 3 N–H and O–H groups in total. The van der Waals surface area contributed by atoms with E-state index in [0.29, 0.717) is 0 Å². The molecule has 0 heterocycles. The highest BCUT2D eigenvalue weighted by molar-refractivity contribution is 5.86. The third-order valence-electron chi connectivity index (χ3n) is 1.72. The molecule has 0 saturated heterocycles. The Balaban J connectivity index is 4.48. The van der Waals surface area contributed by atoms with E-state index in [1.54, 1.807) is 20.8 Å². The van der Waals surface area contributed by atoms with Gasteiger partial charge in [0.25, 0.3) is 0 Å². The molecule has 0 unspecified atom stereocenters. The Hall–Kier alpha value is -1.10. The summed E-state index contributed by atoms with van der Waals surface area (Å²) in [4.78, 5) is 22.0. The van der Waals surface area contributed by atoms with E-state index in [-0.39, 0.29) is 0 Å². The standard InChI is InChI=1S/C9H17NO4/c1-5(11)6(7(12)13)10-8(14)9(2,3)4/h5-6,11H,1-4H3,(H,10,14)(H,12,13)/t5-,6-/m0/s1. The first-order valence-corrected chi connectivity index (χ1v) is 4.38. The van der Waals surface area contributed by atoms with Crippen molar-refractivity contribution in [3.05, 3.63) is 0 Å². The maximum atomic E-state index is 11.4. The quantitative estimate of drug-likeness (QED) is 0.601. The maximum absolute atomic E-state index is 11.4. The van der Waals surface area contributed by atoms with Crippen molar-refractivity contribution in [3.63, 3.8) is 0 Å². The summed E-state index contributed by atoms with van der Waals surface area (Å²) in [5.41, 5.74) is -0.664. The van der Waals surface area contributed by atoms with Gasteiger partial charge in [-0.15, -0.1) is 0 Å². The summed E-state index contributed by atoms with van der Waals surface area (Å²) in [6, 6.07) is -1.25. The predicted molar refractivity (Wildman–Crippen MR) is 50.7 cm³/mol. The summed E-state index contributed by atoms with van der Waals surface area (Å²) in [5.74, 6) is -1.64. The van der Waals surface area contributed by atoms with Gasteiger partial charge in [-0.25, -0.2) is 4.79 Å². The maximum Gasteiger partial charge on any atom is 0.328 e. The number of rotatable bonds is 3. The lowest BCUT2D eigenvalue weighted by molar-refractivity contribution is -0.146. The van der Waals surface area contributed by atoms with Gasteiger partial charge in [0.2, 0.25) is 5.91 Å². The molecule has 14 heavy (non-hydrogen) atoms. The van der Waals surface area contributed by atoms with E-state index in [4.69, 9.17) is 10.2 Å². The van der Waals surface area contributed by atoms with Crippen molar-refractivity contribution >= 4 is 11.9 Å². The lowest BCUT2D eigenvalue weighted by atomic mass is 9.95. The second-order valence-corrected chi connectivity index (χ2v) is 4.28. The third kappa shape index (κ3) is 3.74. The Kier molecular flexibility index (Phi) is 4.07. The number of carboxylic acid groups (broad SMARTS) is 1. The van der Waals surface area contributed by atoms with Crippen molar-refractivity contribution in [1.82, 2.24) is 5.32 Å². The Bertz CT molecular complexity index is 229. The van der Waals surface area contributed by atoms with Crippen LogP contribution in [0.2, 0.25) is 0 Å². The van der Waals surface area contributed by atoms with Gasteiger partial charge in [-0.2, -0.15) is 0 Å². The van der Waals surface area contributed by atoms with E-state index < -0.39 is 29.4 Å². The molecule has 0 aliphatic heterocycles. The van der Waals surface area contributed by atoms with E-state index >= 15 is 0 Å². The van der Waals surface area contributed by atoms with Crippen LogP contribution in [0.3, 0.4) is 0 Å². The highest BCUT2D eigenvalue weighted by Gasteiger charge is 2.29. The summed E-state index contributed by atoms with van der Waals surface area (Å²) < 4.78 is 0. The number of aliphatic hydroxyl groups is 1. The van der Waals surface area contributed by atoms with Crippen molar-refractivity contribution < 1.29 is 19.8 Å². The number of aliphatic carboxylic acids is 1. The Labute approximate surface area is 83.1 Å². The molecule has 0 aromatic heterocycles. The smallest absolute Gasteiger partial charge is 0.328 e. The predicted octanol–water partition coefficient (Wildman–Crippen LogP) is -0.0173. The van der Waals surface area contributed by atoms with E-state index in [1.807, 2.05) is 0 Å². The molecule has 0 saturated carbocycles. The van der Waals surface area contributed by atoms with E-state index in [1.165, 1.54) is 6.92 Å². The first-order valence-electron chi connectivity index (χ1n) is 4.38. The molecule has 0 aromatic carbocycles. The van der Waals surface area contributed by atoms with Gasteiger partial charge in [-0.3, -0.25) is 4.79 Å². The van der Waals surface area contributed by atoms with Crippen LogP contribution in [0.1, 0.15) is 27.7 Å². The minimum absolute atomic E-state index is 0.397. The summed E-state index contributed by atoms with van der Waals surface area (Å²) in [6.07, 6.45) is -1.11. The van der Waals surface area contributed by atoms with Gasteiger partial charge in [0.1, 0.15) is 0 Å². The van der Waals surface area contributed by atoms with E-state index in [0.717, 1.165) is 0 Å². The molecule has 0 aromatic rings. The summed E-state index contributed by atoms with van der Waals surface area (Å²) in [5, 5.41) is 20.1. The number of nitrogens with one attached hydrogen (secondary N) is 1. The molecule has 5 heteroatoms. The molecule has 0 spiro atoms. The van der Waals surface area contributed by atoms with Gasteiger partial charge in [0, 0.05) is 5.41 Å². The number of amides is 1. The molecule has 0 rings (SSSR count). The molecular formula is C9H17NO4. The van der Waals surface area contributed by atoms with Gasteiger partial charge in [0.05, 0.1) is 6.10 Å². The van der Waals surface area contributed by atoms with Crippen LogP contribution >= 0.6 is 0 Å². The normalized spacial score (nSPS) is 15.8. The fourth-order valence-electron chi connectivity index (χ4n) is 0.746. The highest BCUT2D eigenvalue weighted by Crippen LogP contribution is 2.13. The molecule has 0 fully saturated rings. The number of hydrogen-bond donors (Lipinski definition) is 3. The van der Waals surface area contributed by atoms with Gasteiger partial charge < -0.3 is 15.5 Å². The molecule has 0 radical (unpaired) electrons. The molecular weight excluding hydrogens is 186 g/mol. The molecule has 0 bridgehead atoms. The zero-order chi connectivity index (χ0) is 11.5. The Morgan fingerprint density at radius 3 is 1.93 bits per heavy atom. The lowest BCUT2D eigenvalue weighted by Crippen LogP contribution is -2.50. The van der Waals surface area contributed by atoms with Crippen LogP contribution in [0.5, 0.6) is 0 Å². The fourth-order valence-corrected chi connectivity index (χ4v) is 0.746. The minimum atomic E-state index is -1.25. The first kappa shape index (κ1) is 12.9. The summed E-state index contributed by atoms with van der Waals surface area (Å²) >= 11 is 0. The SMILES string of the molecule is C[C@H](O)[C@H](NC(=O)C(C)(C)C)C(=O)O.